The van der Waals surface area contributed by atoms with E-state index in [9.17, 15) is 4.39 Å². The van der Waals surface area contributed by atoms with E-state index in [-0.39, 0.29) is 5.82 Å². The van der Waals surface area contributed by atoms with E-state index in [2.05, 4.69) is 27.0 Å². The first-order chi connectivity index (χ1) is 11.2. The summed E-state index contributed by atoms with van der Waals surface area (Å²) in [6.45, 7) is 1.88. The van der Waals surface area contributed by atoms with Gasteiger partial charge in [0.15, 0.2) is 0 Å². The average molecular weight is 307 g/mol. The standard InChI is InChI=1S/C18H14FN3O/c1-13-9-10-14(19)12-16(13)18-21-17(23-22-18)8-3-2-6-15-7-4-5-11-20-15/h4-5,7,9-12H,3,8H2,1H3. The average Bonchev–Trinajstić information content (AvgIpc) is 3.03. The van der Waals surface area contributed by atoms with Crippen molar-refractivity contribution < 1.29 is 8.91 Å². The van der Waals surface area contributed by atoms with Crippen molar-refractivity contribution in [3.63, 3.8) is 0 Å². The number of halogens is 1. The molecule has 0 bridgehead atoms. The molecular formula is C18H14FN3O. The Bertz CT molecular complexity index is 863. The van der Waals surface area contributed by atoms with Crippen molar-refractivity contribution in [1.29, 1.82) is 0 Å². The van der Waals surface area contributed by atoms with Crippen LogP contribution in [0.25, 0.3) is 11.4 Å². The number of aryl methyl sites for hydroxylation is 2. The Morgan fingerprint density at radius 1 is 1.22 bits per heavy atom. The molecule has 0 unspecified atom stereocenters. The lowest BCUT2D eigenvalue weighted by atomic mass is 10.1. The monoisotopic (exact) mass is 307 g/mol. The Kier molecular flexibility index (Phi) is 4.44. The lowest BCUT2D eigenvalue weighted by Crippen LogP contribution is -1.88. The summed E-state index contributed by atoms with van der Waals surface area (Å²) in [7, 11) is 0. The van der Waals surface area contributed by atoms with Crippen molar-refractivity contribution in [3.8, 4) is 23.2 Å². The highest BCUT2D eigenvalue weighted by atomic mass is 19.1. The van der Waals surface area contributed by atoms with Crippen LogP contribution in [0, 0.1) is 24.6 Å². The third-order valence-electron chi connectivity index (χ3n) is 3.25. The van der Waals surface area contributed by atoms with E-state index in [0.717, 1.165) is 11.3 Å². The second kappa shape index (κ2) is 6.84. The lowest BCUT2D eigenvalue weighted by molar-refractivity contribution is 0.380. The van der Waals surface area contributed by atoms with Gasteiger partial charge >= 0.3 is 0 Å². The molecule has 0 aliphatic heterocycles. The molecule has 4 nitrogen and oxygen atoms in total. The molecule has 23 heavy (non-hydrogen) atoms. The number of nitrogens with zero attached hydrogens (tertiary/aromatic N) is 3. The van der Waals surface area contributed by atoms with Crippen LogP contribution >= 0.6 is 0 Å². The Labute approximate surface area is 133 Å². The molecule has 2 heterocycles. The predicted molar refractivity (Wildman–Crippen MR) is 83.9 cm³/mol. The topological polar surface area (TPSA) is 51.8 Å². The zero-order valence-corrected chi connectivity index (χ0v) is 12.6. The number of hydrogen-bond acceptors (Lipinski definition) is 4. The van der Waals surface area contributed by atoms with Crippen molar-refractivity contribution >= 4 is 0 Å². The maximum absolute atomic E-state index is 13.3. The number of hydrogen-bond donors (Lipinski definition) is 0. The van der Waals surface area contributed by atoms with E-state index in [0.29, 0.717) is 30.1 Å². The van der Waals surface area contributed by atoms with E-state index < -0.39 is 0 Å². The molecule has 0 fully saturated rings. The fourth-order valence-corrected chi connectivity index (χ4v) is 2.06. The minimum Gasteiger partial charge on any atom is -0.339 e. The Balaban J connectivity index is 1.66. The Morgan fingerprint density at radius 2 is 2.13 bits per heavy atom. The van der Waals surface area contributed by atoms with Crippen molar-refractivity contribution in [2.75, 3.05) is 0 Å². The van der Waals surface area contributed by atoms with Crippen molar-refractivity contribution in [3.05, 3.63) is 65.6 Å². The molecule has 0 saturated heterocycles. The molecular weight excluding hydrogens is 293 g/mol. The first-order valence-electron chi connectivity index (χ1n) is 7.21. The van der Waals surface area contributed by atoms with Gasteiger partial charge in [0.05, 0.1) is 0 Å². The van der Waals surface area contributed by atoms with E-state index in [4.69, 9.17) is 4.52 Å². The van der Waals surface area contributed by atoms with Gasteiger partial charge in [-0.25, -0.2) is 9.37 Å². The third-order valence-corrected chi connectivity index (χ3v) is 3.25. The van der Waals surface area contributed by atoms with Crippen molar-refractivity contribution in [2.24, 2.45) is 0 Å². The summed E-state index contributed by atoms with van der Waals surface area (Å²) in [5.74, 6) is 6.55. The minimum absolute atomic E-state index is 0.321. The molecule has 114 valence electrons. The third kappa shape index (κ3) is 3.80. The van der Waals surface area contributed by atoms with Crippen molar-refractivity contribution in [1.82, 2.24) is 15.1 Å². The summed E-state index contributed by atoms with van der Waals surface area (Å²) in [4.78, 5) is 8.42. The normalized spacial score (nSPS) is 10.2. The molecule has 1 aromatic carbocycles. The highest BCUT2D eigenvalue weighted by molar-refractivity contribution is 5.59. The predicted octanol–water partition coefficient (Wildman–Crippen LogP) is 3.56. The van der Waals surface area contributed by atoms with E-state index in [1.165, 1.54) is 12.1 Å². The summed E-state index contributed by atoms with van der Waals surface area (Å²) in [5.41, 5.74) is 2.27. The number of pyridine rings is 1. The molecule has 2 aromatic heterocycles. The van der Waals surface area contributed by atoms with Gasteiger partial charge in [0.25, 0.3) is 0 Å². The quantitative estimate of drug-likeness (QED) is 0.694. The number of aromatic nitrogens is 3. The second-order valence-corrected chi connectivity index (χ2v) is 4.99. The minimum atomic E-state index is -0.321. The first kappa shape index (κ1) is 14.9. The number of rotatable bonds is 3. The molecule has 3 rings (SSSR count). The molecule has 0 radical (unpaired) electrons. The van der Waals surface area contributed by atoms with Gasteiger partial charge in [0.2, 0.25) is 11.7 Å². The summed E-state index contributed by atoms with van der Waals surface area (Å²) in [6, 6.07) is 10.1. The molecule has 0 aliphatic rings. The van der Waals surface area contributed by atoms with Gasteiger partial charge in [-0.15, -0.1) is 0 Å². The summed E-state index contributed by atoms with van der Waals surface area (Å²) in [5, 5.41) is 3.91. The van der Waals surface area contributed by atoms with Crippen LogP contribution in [0.5, 0.6) is 0 Å². The first-order valence-corrected chi connectivity index (χ1v) is 7.21. The highest BCUT2D eigenvalue weighted by Crippen LogP contribution is 2.21. The lowest BCUT2D eigenvalue weighted by Gasteiger charge is -1.99. The van der Waals surface area contributed by atoms with Gasteiger partial charge in [-0.2, -0.15) is 4.98 Å². The molecule has 0 saturated carbocycles. The zero-order valence-electron chi connectivity index (χ0n) is 12.6. The largest absolute Gasteiger partial charge is 0.339 e. The molecule has 3 aromatic rings. The molecule has 0 spiro atoms. The van der Waals surface area contributed by atoms with Gasteiger partial charge in [-0.05, 0) is 42.7 Å². The molecule has 0 amide bonds. The maximum Gasteiger partial charge on any atom is 0.227 e. The van der Waals surface area contributed by atoms with E-state index in [1.807, 2.05) is 25.1 Å². The maximum atomic E-state index is 13.3. The van der Waals surface area contributed by atoms with Crippen molar-refractivity contribution in [2.45, 2.75) is 19.8 Å². The molecule has 0 aliphatic carbocycles. The van der Waals surface area contributed by atoms with Gasteiger partial charge < -0.3 is 4.52 Å². The van der Waals surface area contributed by atoms with Crippen LogP contribution in [0.2, 0.25) is 0 Å². The SMILES string of the molecule is Cc1ccc(F)cc1-c1noc(CCC#Cc2ccccn2)n1. The fourth-order valence-electron chi connectivity index (χ4n) is 2.06. The van der Waals surface area contributed by atoms with E-state index >= 15 is 0 Å². The van der Waals surface area contributed by atoms with Crippen LogP contribution in [0.1, 0.15) is 23.6 Å². The van der Waals surface area contributed by atoms with Crippen LogP contribution < -0.4 is 0 Å². The molecule has 5 heteroatoms. The van der Waals surface area contributed by atoms with Crippen LogP contribution in [-0.4, -0.2) is 15.1 Å². The van der Waals surface area contributed by atoms with Crippen LogP contribution in [0.3, 0.4) is 0 Å². The van der Waals surface area contributed by atoms with Crippen LogP contribution in [-0.2, 0) is 6.42 Å². The van der Waals surface area contributed by atoms with Crippen LogP contribution in [0.15, 0.2) is 47.1 Å². The summed E-state index contributed by atoms with van der Waals surface area (Å²) in [6.07, 6.45) is 2.83. The van der Waals surface area contributed by atoms with Crippen LogP contribution in [0.4, 0.5) is 4.39 Å². The van der Waals surface area contributed by atoms with Gasteiger partial charge in [-0.3, -0.25) is 0 Å². The van der Waals surface area contributed by atoms with Gasteiger partial charge in [0, 0.05) is 24.6 Å². The van der Waals surface area contributed by atoms with Gasteiger partial charge in [-0.1, -0.05) is 23.2 Å². The smallest absolute Gasteiger partial charge is 0.227 e. The Hall–Kier alpha value is -3.00. The zero-order chi connectivity index (χ0) is 16.1. The van der Waals surface area contributed by atoms with Gasteiger partial charge in [0.1, 0.15) is 11.5 Å². The summed E-state index contributed by atoms with van der Waals surface area (Å²) >= 11 is 0. The second-order valence-electron chi connectivity index (χ2n) is 4.99. The Morgan fingerprint density at radius 3 is 2.96 bits per heavy atom. The fraction of sp³-hybridized carbons (Fsp3) is 0.167. The number of benzene rings is 1. The molecule has 0 atom stereocenters. The summed E-state index contributed by atoms with van der Waals surface area (Å²) < 4.78 is 18.5. The van der Waals surface area contributed by atoms with E-state index in [1.54, 1.807) is 12.3 Å². The molecule has 0 N–H and O–H groups in total. The highest BCUT2D eigenvalue weighted by Gasteiger charge is 2.11.